The van der Waals surface area contributed by atoms with Gasteiger partial charge in [0.25, 0.3) is 0 Å². The normalized spacial score (nSPS) is 10.9. The van der Waals surface area contributed by atoms with Gasteiger partial charge in [-0.2, -0.15) is 0 Å². The van der Waals surface area contributed by atoms with Crippen LogP contribution in [-0.2, 0) is 6.42 Å². The number of rotatable bonds is 14. The smallest absolute Gasteiger partial charge is 0.0149 e. The van der Waals surface area contributed by atoms with Crippen molar-refractivity contribution in [2.75, 3.05) is 0 Å². The third kappa shape index (κ3) is 11.5. The Morgan fingerprint density at radius 2 is 1.19 bits per heavy atom. The molecule has 1 aromatic carbocycles. The molecule has 0 heteroatoms. The lowest BCUT2D eigenvalue weighted by molar-refractivity contribution is 0.539. The van der Waals surface area contributed by atoms with E-state index >= 15 is 0 Å². The molecule has 0 spiro atoms. The van der Waals surface area contributed by atoms with Crippen LogP contribution in [0.25, 0.3) is 0 Å². The van der Waals surface area contributed by atoms with E-state index in [1.54, 1.807) is 0 Å². The van der Waals surface area contributed by atoms with Crippen LogP contribution in [0.4, 0.5) is 0 Å². The Bertz CT molecular complexity index is 301. The summed E-state index contributed by atoms with van der Waals surface area (Å²) in [7, 11) is 0. The zero-order valence-corrected chi connectivity index (χ0v) is 14.1. The predicted octanol–water partition coefficient (Wildman–Crippen LogP) is 6.92. The Balaban J connectivity index is 1.75. The first-order chi connectivity index (χ1) is 10.4. The zero-order valence-electron chi connectivity index (χ0n) is 14.1. The summed E-state index contributed by atoms with van der Waals surface area (Å²) >= 11 is 0. The second-order valence-corrected chi connectivity index (χ2v) is 6.31. The first-order valence-corrected chi connectivity index (χ1v) is 9.30. The van der Waals surface area contributed by atoms with Crippen molar-refractivity contribution in [3.05, 3.63) is 35.9 Å². The van der Waals surface area contributed by atoms with Gasteiger partial charge in [0.1, 0.15) is 0 Å². The topological polar surface area (TPSA) is 0 Å². The molecule has 0 amide bonds. The highest BCUT2D eigenvalue weighted by atomic mass is 14.0. The van der Waals surface area contributed by atoms with Gasteiger partial charge in [0, 0.05) is 0 Å². The SMILES string of the molecule is CCCCCCCCCCCCCCCc1[c]cc[c]c1. The average Bonchev–Trinajstić information content (AvgIpc) is 2.53. The number of benzene rings is 1. The lowest BCUT2D eigenvalue weighted by Gasteiger charge is -2.03. The molecule has 0 heterocycles. The van der Waals surface area contributed by atoms with Crippen LogP contribution in [-0.4, -0.2) is 0 Å². The lowest BCUT2D eigenvalue weighted by Crippen LogP contribution is -1.86. The van der Waals surface area contributed by atoms with Crippen molar-refractivity contribution >= 4 is 0 Å². The molecule has 0 aliphatic heterocycles. The van der Waals surface area contributed by atoms with Crippen LogP contribution in [0.3, 0.4) is 0 Å². The first-order valence-electron chi connectivity index (χ1n) is 9.30. The van der Waals surface area contributed by atoms with Crippen LogP contribution >= 0.6 is 0 Å². The number of hydrogen-bond donors (Lipinski definition) is 0. The van der Waals surface area contributed by atoms with Crippen LogP contribution in [0.2, 0.25) is 0 Å². The molecule has 0 saturated carbocycles. The van der Waals surface area contributed by atoms with E-state index in [0.29, 0.717) is 0 Å². The van der Waals surface area contributed by atoms with Crippen LogP contribution in [0.15, 0.2) is 18.2 Å². The van der Waals surface area contributed by atoms with E-state index < -0.39 is 0 Å². The maximum Gasteiger partial charge on any atom is -0.0149 e. The second kappa shape index (κ2) is 14.2. The molecule has 0 N–H and O–H groups in total. The fourth-order valence-electron chi connectivity index (χ4n) is 2.86. The Labute approximate surface area is 133 Å². The van der Waals surface area contributed by atoms with Gasteiger partial charge in [-0.3, -0.25) is 0 Å². The van der Waals surface area contributed by atoms with Gasteiger partial charge in [0.15, 0.2) is 0 Å². The van der Waals surface area contributed by atoms with Gasteiger partial charge in [0.05, 0.1) is 0 Å². The van der Waals surface area contributed by atoms with Gasteiger partial charge in [-0.15, -0.1) is 0 Å². The minimum Gasteiger partial charge on any atom is -0.0654 e. The van der Waals surface area contributed by atoms with Gasteiger partial charge in [-0.05, 0) is 30.5 Å². The Hall–Kier alpha value is -0.780. The highest BCUT2D eigenvalue weighted by molar-refractivity contribution is 5.11. The van der Waals surface area contributed by atoms with E-state index in [1.807, 2.05) is 12.1 Å². The second-order valence-electron chi connectivity index (χ2n) is 6.31. The molecule has 118 valence electrons. The van der Waals surface area contributed by atoms with Gasteiger partial charge in [0.2, 0.25) is 0 Å². The lowest BCUT2D eigenvalue weighted by atomic mass is 10.0. The molecule has 21 heavy (non-hydrogen) atoms. The molecule has 0 aliphatic carbocycles. The standard InChI is InChI=1S/C21H34/c1-2-3-4-5-6-7-8-9-10-11-12-13-15-18-21-19-16-14-17-20-21/h14,16,20H,2-13,15,18H2,1H3. The van der Waals surface area contributed by atoms with E-state index in [-0.39, 0.29) is 0 Å². The zero-order chi connectivity index (χ0) is 15.0. The fraction of sp³-hybridized carbons (Fsp3) is 0.714. The predicted molar refractivity (Wildman–Crippen MR) is 93.5 cm³/mol. The number of hydrogen-bond acceptors (Lipinski definition) is 0. The summed E-state index contributed by atoms with van der Waals surface area (Å²) in [4.78, 5) is 0. The summed E-state index contributed by atoms with van der Waals surface area (Å²) < 4.78 is 0. The molecule has 0 atom stereocenters. The molecule has 2 radical (unpaired) electrons. The Morgan fingerprint density at radius 3 is 1.67 bits per heavy atom. The fourth-order valence-corrected chi connectivity index (χ4v) is 2.86. The van der Waals surface area contributed by atoms with Crippen molar-refractivity contribution in [3.8, 4) is 0 Å². The third-order valence-electron chi connectivity index (χ3n) is 4.26. The average molecular weight is 287 g/mol. The molecule has 0 unspecified atom stereocenters. The van der Waals surface area contributed by atoms with E-state index in [1.165, 1.54) is 95.5 Å². The third-order valence-corrected chi connectivity index (χ3v) is 4.26. The Kier molecular flexibility index (Phi) is 12.3. The molecule has 1 aromatic rings. The van der Waals surface area contributed by atoms with Crippen molar-refractivity contribution in [3.63, 3.8) is 0 Å². The van der Waals surface area contributed by atoms with Crippen LogP contribution in [0.5, 0.6) is 0 Å². The van der Waals surface area contributed by atoms with Crippen LogP contribution in [0.1, 0.15) is 96.0 Å². The minimum absolute atomic E-state index is 1.18. The quantitative estimate of drug-likeness (QED) is 0.326. The molecule has 1 rings (SSSR count). The van der Waals surface area contributed by atoms with E-state index in [0.717, 1.165) is 0 Å². The summed E-state index contributed by atoms with van der Waals surface area (Å²) in [6.07, 6.45) is 19.7. The largest absolute Gasteiger partial charge is 0.0654 e. The molecule has 0 nitrogen and oxygen atoms in total. The van der Waals surface area contributed by atoms with Gasteiger partial charge in [-0.1, -0.05) is 102 Å². The van der Waals surface area contributed by atoms with Crippen LogP contribution < -0.4 is 0 Å². The van der Waals surface area contributed by atoms with E-state index in [9.17, 15) is 0 Å². The molecule has 0 aliphatic rings. The summed E-state index contributed by atoms with van der Waals surface area (Å²) in [5, 5.41) is 0. The number of aryl methyl sites for hydroxylation is 1. The monoisotopic (exact) mass is 286 g/mol. The van der Waals surface area contributed by atoms with Crippen molar-refractivity contribution in [1.29, 1.82) is 0 Å². The van der Waals surface area contributed by atoms with Crippen molar-refractivity contribution in [1.82, 2.24) is 0 Å². The highest BCUT2D eigenvalue weighted by Gasteiger charge is 1.95. The minimum atomic E-state index is 1.18. The maximum atomic E-state index is 3.28. The van der Waals surface area contributed by atoms with E-state index in [2.05, 4.69) is 25.1 Å². The number of unbranched alkanes of at least 4 members (excludes halogenated alkanes) is 12. The Morgan fingerprint density at radius 1 is 0.667 bits per heavy atom. The van der Waals surface area contributed by atoms with Crippen molar-refractivity contribution < 1.29 is 0 Å². The summed E-state index contributed by atoms with van der Waals surface area (Å²) in [5.74, 6) is 0. The van der Waals surface area contributed by atoms with Crippen molar-refractivity contribution in [2.45, 2.75) is 96.8 Å². The molecular weight excluding hydrogens is 252 g/mol. The molecule has 0 saturated heterocycles. The van der Waals surface area contributed by atoms with E-state index in [4.69, 9.17) is 0 Å². The molecular formula is C21H34. The van der Waals surface area contributed by atoms with Gasteiger partial charge >= 0.3 is 0 Å². The molecule has 0 fully saturated rings. The van der Waals surface area contributed by atoms with Crippen molar-refractivity contribution in [2.24, 2.45) is 0 Å². The van der Waals surface area contributed by atoms with Gasteiger partial charge in [-0.25, -0.2) is 0 Å². The molecule has 0 aromatic heterocycles. The summed E-state index contributed by atoms with van der Waals surface area (Å²) in [5.41, 5.74) is 1.32. The summed E-state index contributed by atoms with van der Waals surface area (Å²) in [6.45, 7) is 2.29. The molecule has 0 bridgehead atoms. The summed E-state index contributed by atoms with van der Waals surface area (Å²) in [6, 6.07) is 12.4. The maximum absolute atomic E-state index is 3.28. The first kappa shape index (κ1) is 18.3. The van der Waals surface area contributed by atoms with Gasteiger partial charge < -0.3 is 0 Å². The van der Waals surface area contributed by atoms with Crippen LogP contribution in [0, 0.1) is 12.1 Å². The highest BCUT2D eigenvalue weighted by Crippen LogP contribution is 2.13.